The maximum atomic E-state index is 5.29. The van der Waals surface area contributed by atoms with Gasteiger partial charge in [0.1, 0.15) is 0 Å². The topological polar surface area (TPSA) is 25.8 Å². The van der Waals surface area contributed by atoms with Crippen molar-refractivity contribution in [1.82, 2.24) is 9.97 Å². The summed E-state index contributed by atoms with van der Waals surface area (Å²) >= 11 is 0. The van der Waals surface area contributed by atoms with Gasteiger partial charge in [-0.2, -0.15) is 0 Å². The van der Waals surface area contributed by atoms with Crippen LogP contribution in [0.15, 0.2) is 122 Å². The first-order valence-electron chi connectivity index (χ1n) is 11.5. The normalized spacial score (nSPS) is 11.5. The summed E-state index contributed by atoms with van der Waals surface area (Å²) in [7, 11) is 0. The Kier molecular flexibility index (Phi) is 4.18. The Bertz CT molecular complexity index is 1760. The van der Waals surface area contributed by atoms with E-state index in [1.807, 2.05) is 12.4 Å². The van der Waals surface area contributed by atoms with Crippen molar-refractivity contribution in [3.8, 4) is 22.3 Å². The molecule has 2 heterocycles. The molecule has 158 valence electrons. The predicted octanol–water partition coefficient (Wildman–Crippen LogP) is 8.42. The molecule has 0 atom stereocenters. The van der Waals surface area contributed by atoms with E-state index >= 15 is 0 Å². The van der Waals surface area contributed by atoms with Crippen LogP contribution in [0.1, 0.15) is 0 Å². The molecule has 0 amide bonds. The van der Waals surface area contributed by atoms with Crippen LogP contribution in [-0.4, -0.2) is 9.97 Å². The Morgan fingerprint density at radius 3 is 1.65 bits per heavy atom. The predicted molar refractivity (Wildman–Crippen MR) is 143 cm³/mol. The zero-order chi connectivity index (χ0) is 22.5. The lowest BCUT2D eigenvalue weighted by Gasteiger charge is -2.15. The number of hydrogen-bond acceptors (Lipinski definition) is 2. The van der Waals surface area contributed by atoms with Crippen molar-refractivity contribution in [1.29, 1.82) is 0 Å². The third-order valence-corrected chi connectivity index (χ3v) is 6.73. The van der Waals surface area contributed by atoms with E-state index in [2.05, 4.69) is 114 Å². The minimum atomic E-state index is 1.05. The van der Waals surface area contributed by atoms with Gasteiger partial charge in [-0.25, -0.2) is 4.98 Å². The van der Waals surface area contributed by atoms with Gasteiger partial charge < -0.3 is 0 Å². The molecule has 0 saturated heterocycles. The molecule has 0 unspecified atom stereocenters. The maximum Gasteiger partial charge on any atom is 0.0794 e. The Morgan fingerprint density at radius 2 is 1.00 bits per heavy atom. The Hall–Kier alpha value is -4.56. The van der Waals surface area contributed by atoms with E-state index in [0.29, 0.717) is 0 Å². The molecule has 34 heavy (non-hydrogen) atoms. The number of nitrogens with zero attached hydrogens (tertiary/aromatic N) is 2. The van der Waals surface area contributed by atoms with Crippen LogP contribution in [0.5, 0.6) is 0 Å². The van der Waals surface area contributed by atoms with E-state index in [4.69, 9.17) is 4.98 Å². The highest BCUT2D eigenvalue weighted by atomic mass is 14.7. The zero-order valence-electron chi connectivity index (χ0n) is 18.4. The highest BCUT2D eigenvalue weighted by molar-refractivity contribution is 6.21. The molecule has 0 fully saturated rings. The summed E-state index contributed by atoms with van der Waals surface area (Å²) in [6.45, 7) is 0. The van der Waals surface area contributed by atoms with Gasteiger partial charge in [0.2, 0.25) is 0 Å². The summed E-state index contributed by atoms with van der Waals surface area (Å²) in [6.07, 6.45) is 3.69. The van der Waals surface area contributed by atoms with Crippen LogP contribution >= 0.6 is 0 Å². The fourth-order valence-electron chi connectivity index (χ4n) is 5.12. The second-order valence-electron chi connectivity index (χ2n) is 8.67. The molecule has 0 aliphatic carbocycles. The number of benzene rings is 5. The lowest BCUT2D eigenvalue weighted by Crippen LogP contribution is -1.92. The fraction of sp³-hybridized carbons (Fsp3) is 0. The molecular weight excluding hydrogens is 412 g/mol. The third kappa shape index (κ3) is 2.89. The first-order chi connectivity index (χ1) is 16.9. The molecule has 0 radical (unpaired) electrons. The van der Waals surface area contributed by atoms with Crippen LogP contribution in [-0.2, 0) is 0 Å². The Morgan fingerprint density at radius 1 is 0.412 bits per heavy atom. The molecule has 0 saturated carbocycles. The van der Waals surface area contributed by atoms with Crippen molar-refractivity contribution in [3.63, 3.8) is 0 Å². The Balaban J connectivity index is 1.65. The SMILES string of the molecule is c1cc(-c2ccncc2)cc(-c2c3ccc4ccccc4c3nc3c2ccc2ccccc23)c1. The van der Waals surface area contributed by atoms with Crippen LogP contribution in [0.4, 0.5) is 0 Å². The van der Waals surface area contributed by atoms with Crippen LogP contribution < -0.4 is 0 Å². The molecule has 0 aliphatic rings. The van der Waals surface area contributed by atoms with Crippen molar-refractivity contribution in [2.75, 3.05) is 0 Å². The summed E-state index contributed by atoms with van der Waals surface area (Å²) in [4.78, 5) is 9.48. The summed E-state index contributed by atoms with van der Waals surface area (Å²) in [5.41, 5.74) is 6.86. The zero-order valence-corrected chi connectivity index (χ0v) is 18.4. The summed E-state index contributed by atoms with van der Waals surface area (Å²) in [5.74, 6) is 0. The van der Waals surface area contributed by atoms with Gasteiger partial charge >= 0.3 is 0 Å². The number of fused-ring (bicyclic) bond motifs is 6. The number of pyridine rings is 2. The minimum absolute atomic E-state index is 1.05. The average molecular weight is 433 g/mol. The van der Waals surface area contributed by atoms with Gasteiger partial charge in [0.05, 0.1) is 11.0 Å². The molecule has 7 aromatic rings. The second-order valence-corrected chi connectivity index (χ2v) is 8.67. The van der Waals surface area contributed by atoms with E-state index in [-0.39, 0.29) is 0 Å². The molecule has 2 heteroatoms. The van der Waals surface area contributed by atoms with Crippen LogP contribution in [0, 0.1) is 0 Å². The van der Waals surface area contributed by atoms with Gasteiger partial charge in [-0.3, -0.25) is 4.98 Å². The molecule has 2 aromatic heterocycles. The minimum Gasteiger partial charge on any atom is -0.265 e. The van der Waals surface area contributed by atoms with Crippen LogP contribution in [0.3, 0.4) is 0 Å². The van der Waals surface area contributed by atoms with Gasteiger partial charge in [-0.1, -0.05) is 91.0 Å². The smallest absolute Gasteiger partial charge is 0.0794 e. The van der Waals surface area contributed by atoms with E-state index in [9.17, 15) is 0 Å². The fourth-order valence-corrected chi connectivity index (χ4v) is 5.12. The van der Waals surface area contributed by atoms with Crippen molar-refractivity contribution < 1.29 is 0 Å². The summed E-state index contributed by atoms with van der Waals surface area (Å²) in [5, 5.41) is 7.13. The molecule has 0 aliphatic heterocycles. The lowest BCUT2D eigenvalue weighted by molar-refractivity contribution is 1.33. The number of rotatable bonds is 2. The second kappa shape index (κ2) is 7.50. The van der Waals surface area contributed by atoms with Gasteiger partial charge in [0.25, 0.3) is 0 Å². The summed E-state index contributed by atoms with van der Waals surface area (Å²) in [6, 6.07) is 38.9. The van der Waals surface area contributed by atoms with Gasteiger partial charge in [0, 0.05) is 39.5 Å². The molecule has 0 spiro atoms. The average Bonchev–Trinajstić information content (AvgIpc) is 2.92. The van der Waals surface area contributed by atoms with Gasteiger partial charge in [0.15, 0.2) is 0 Å². The first-order valence-corrected chi connectivity index (χ1v) is 11.5. The number of aromatic nitrogens is 2. The number of hydrogen-bond donors (Lipinski definition) is 0. The van der Waals surface area contributed by atoms with Gasteiger partial charge in [-0.15, -0.1) is 0 Å². The molecular formula is C32H20N2. The van der Waals surface area contributed by atoms with E-state index in [1.54, 1.807) is 0 Å². The van der Waals surface area contributed by atoms with E-state index in [1.165, 1.54) is 49.0 Å². The van der Waals surface area contributed by atoms with E-state index < -0.39 is 0 Å². The largest absolute Gasteiger partial charge is 0.265 e. The van der Waals surface area contributed by atoms with Crippen molar-refractivity contribution in [3.05, 3.63) is 122 Å². The third-order valence-electron chi connectivity index (χ3n) is 6.73. The van der Waals surface area contributed by atoms with Crippen molar-refractivity contribution in [2.24, 2.45) is 0 Å². The highest BCUT2D eigenvalue weighted by Crippen LogP contribution is 2.40. The van der Waals surface area contributed by atoms with Crippen molar-refractivity contribution >= 4 is 43.4 Å². The maximum absolute atomic E-state index is 5.29. The molecule has 0 N–H and O–H groups in total. The first kappa shape index (κ1) is 19.0. The van der Waals surface area contributed by atoms with Crippen molar-refractivity contribution in [2.45, 2.75) is 0 Å². The molecule has 0 bridgehead atoms. The molecule has 7 rings (SSSR count). The quantitative estimate of drug-likeness (QED) is 0.202. The monoisotopic (exact) mass is 432 g/mol. The van der Waals surface area contributed by atoms with Crippen LogP contribution in [0.25, 0.3) is 65.6 Å². The highest BCUT2D eigenvalue weighted by Gasteiger charge is 2.15. The lowest BCUT2D eigenvalue weighted by atomic mass is 9.91. The van der Waals surface area contributed by atoms with Gasteiger partial charge in [-0.05, 0) is 45.7 Å². The molecule has 5 aromatic carbocycles. The standard InChI is InChI=1S/C32H20N2/c1-3-10-26-22(6-1)12-14-28-30(25-9-5-8-24(20-25)21-16-18-33-19-17-21)29-15-13-23-7-2-4-11-27(23)32(29)34-31(26)28/h1-20H. The van der Waals surface area contributed by atoms with Crippen LogP contribution in [0.2, 0.25) is 0 Å². The molecule has 2 nitrogen and oxygen atoms in total. The Labute approximate surface area is 197 Å². The summed E-state index contributed by atoms with van der Waals surface area (Å²) < 4.78 is 0. The van der Waals surface area contributed by atoms with E-state index in [0.717, 1.165) is 16.6 Å².